The van der Waals surface area contributed by atoms with E-state index in [-0.39, 0.29) is 24.2 Å². The SMILES string of the molecule is CCc1ccc(C(NC(=O)CN2C(=O)C(C)Oc3ccccc32)c2cccc(F)c2)cc1. The van der Waals surface area contributed by atoms with Gasteiger partial charge in [0.2, 0.25) is 5.91 Å². The molecule has 0 bridgehead atoms. The summed E-state index contributed by atoms with van der Waals surface area (Å²) in [4.78, 5) is 27.3. The van der Waals surface area contributed by atoms with Crippen LogP contribution in [0.25, 0.3) is 0 Å². The number of halogens is 1. The smallest absolute Gasteiger partial charge is 0.268 e. The molecular formula is C26H25FN2O3. The maximum absolute atomic E-state index is 14.0. The van der Waals surface area contributed by atoms with E-state index < -0.39 is 12.1 Å². The Morgan fingerprint density at radius 2 is 1.81 bits per heavy atom. The number of nitrogens with zero attached hydrogens (tertiary/aromatic N) is 1. The number of aryl methyl sites for hydroxylation is 1. The zero-order valence-electron chi connectivity index (χ0n) is 18.0. The van der Waals surface area contributed by atoms with E-state index in [4.69, 9.17) is 4.74 Å². The van der Waals surface area contributed by atoms with Gasteiger partial charge in [-0.1, -0.05) is 55.5 Å². The zero-order chi connectivity index (χ0) is 22.7. The number of hydrogen-bond acceptors (Lipinski definition) is 3. The summed E-state index contributed by atoms with van der Waals surface area (Å²) in [6.07, 6.45) is 0.215. The predicted octanol–water partition coefficient (Wildman–Crippen LogP) is 4.41. The van der Waals surface area contributed by atoms with E-state index in [1.165, 1.54) is 22.6 Å². The highest BCUT2D eigenvalue weighted by molar-refractivity contribution is 6.03. The van der Waals surface area contributed by atoms with Crippen LogP contribution in [0.4, 0.5) is 10.1 Å². The van der Waals surface area contributed by atoms with Crippen molar-refractivity contribution in [3.8, 4) is 5.75 Å². The van der Waals surface area contributed by atoms with Crippen LogP contribution in [0.2, 0.25) is 0 Å². The van der Waals surface area contributed by atoms with Crippen LogP contribution in [-0.4, -0.2) is 24.5 Å². The normalized spacial score (nSPS) is 16.2. The Hall–Kier alpha value is -3.67. The van der Waals surface area contributed by atoms with E-state index >= 15 is 0 Å². The molecule has 0 spiro atoms. The Labute approximate surface area is 186 Å². The molecule has 164 valence electrons. The standard InChI is InChI=1S/C26H25FN2O3/c1-3-18-11-13-19(14-12-18)25(20-7-6-8-21(27)15-20)28-24(30)16-29-22-9-4-5-10-23(22)32-17(2)26(29)31/h4-15,17,25H,3,16H2,1-2H3,(H,28,30). The second-order valence-corrected chi connectivity index (χ2v) is 7.80. The van der Waals surface area contributed by atoms with Crippen molar-refractivity contribution in [2.75, 3.05) is 11.4 Å². The molecule has 1 heterocycles. The number of ether oxygens (including phenoxy) is 1. The van der Waals surface area contributed by atoms with Crippen molar-refractivity contribution in [2.45, 2.75) is 32.4 Å². The second-order valence-electron chi connectivity index (χ2n) is 7.80. The fourth-order valence-corrected chi connectivity index (χ4v) is 3.86. The summed E-state index contributed by atoms with van der Waals surface area (Å²) in [5, 5.41) is 2.99. The first-order chi connectivity index (χ1) is 15.5. The maximum atomic E-state index is 14.0. The molecular weight excluding hydrogens is 407 g/mol. The molecule has 0 radical (unpaired) electrons. The van der Waals surface area contributed by atoms with Crippen molar-refractivity contribution in [3.05, 3.63) is 95.3 Å². The Kier molecular flexibility index (Phi) is 6.21. The first-order valence-electron chi connectivity index (χ1n) is 10.7. The van der Waals surface area contributed by atoms with Crippen LogP contribution in [0.15, 0.2) is 72.8 Å². The highest BCUT2D eigenvalue weighted by Crippen LogP contribution is 2.33. The van der Waals surface area contributed by atoms with E-state index in [1.54, 1.807) is 37.3 Å². The Balaban J connectivity index is 1.61. The van der Waals surface area contributed by atoms with Crippen LogP contribution in [0.5, 0.6) is 5.75 Å². The number of amides is 2. The van der Waals surface area contributed by atoms with Gasteiger partial charge < -0.3 is 10.1 Å². The highest BCUT2D eigenvalue weighted by Gasteiger charge is 2.33. The zero-order valence-corrected chi connectivity index (χ0v) is 18.0. The summed E-state index contributed by atoms with van der Waals surface area (Å²) < 4.78 is 19.6. The number of anilines is 1. The highest BCUT2D eigenvalue weighted by atomic mass is 19.1. The quantitative estimate of drug-likeness (QED) is 0.628. The van der Waals surface area contributed by atoms with Gasteiger partial charge >= 0.3 is 0 Å². The molecule has 4 rings (SSSR count). The lowest BCUT2D eigenvalue weighted by Gasteiger charge is -2.33. The van der Waals surface area contributed by atoms with Crippen LogP contribution in [0.3, 0.4) is 0 Å². The first-order valence-corrected chi connectivity index (χ1v) is 10.7. The van der Waals surface area contributed by atoms with Crippen molar-refractivity contribution < 1.29 is 18.7 Å². The van der Waals surface area contributed by atoms with Gasteiger partial charge in [0.25, 0.3) is 5.91 Å². The molecule has 3 aromatic carbocycles. The lowest BCUT2D eigenvalue weighted by molar-refractivity contribution is -0.128. The molecule has 0 aliphatic carbocycles. The predicted molar refractivity (Wildman–Crippen MR) is 121 cm³/mol. The molecule has 2 atom stereocenters. The number of carbonyl (C=O) groups is 2. The maximum Gasteiger partial charge on any atom is 0.268 e. The van der Waals surface area contributed by atoms with Gasteiger partial charge in [-0.15, -0.1) is 0 Å². The van der Waals surface area contributed by atoms with E-state index in [0.29, 0.717) is 17.0 Å². The summed E-state index contributed by atoms with van der Waals surface area (Å²) in [7, 11) is 0. The van der Waals surface area contributed by atoms with E-state index in [0.717, 1.165) is 12.0 Å². The van der Waals surface area contributed by atoms with E-state index in [1.807, 2.05) is 30.3 Å². The third kappa shape index (κ3) is 4.49. The minimum absolute atomic E-state index is 0.164. The van der Waals surface area contributed by atoms with E-state index in [2.05, 4.69) is 12.2 Å². The van der Waals surface area contributed by atoms with E-state index in [9.17, 15) is 14.0 Å². The lowest BCUT2D eigenvalue weighted by Crippen LogP contribution is -2.49. The third-order valence-electron chi connectivity index (χ3n) is 5.58. The fraction of sp³-hybridized carbons (Fsp3) is 0.231. The molecule has 6 heteroatoms. The summed E-state index contributed by atoms with van der Waals surface area (Å²) in [5.41, 5.74) is 3.19. The van der Waals surface area contributed by atoms with Crippen molar-refractivity contribution in [1.82, 2.24) is 5.32 Å². The molecule has 5 nitrogen and oxygen atoms in total. The average Bonchev–Trinajstić information content (AvgIpc) is 2.80. The number of rotatable bonds is 6. The molecule has 1 aliphatic rings. The van der Waals surface area contributed by atoms with Crippen LogP contribution in [0, 0.1) is 5.82 Å². The van der Waals surface area contributed by atoms with Crippen LogP contribution in [-0.2, 0) is 16.0 Å². The summed E-state index contributed by atoms with van der Waals surface area (Å²) in [5.74, 6) is -0.452. The van der Waals surface area contributed by atoms with Gasteiger partial charge in [0.05, 0.1) is 11.7 Å². The van der Waals surface area contributed by atoms with Crippen LogP contribution >= 0.6 is 0 Å². The van der Waals surface area contributed by atoms with Crippen molar-refractivity contribution in [2.24, 2.45) is 0 Å². The van der Waals surface area contributed by atoms with Crippen LogP contribution < -0.4 is 15.0 Å². The topological polar surface area (TPSA) is 58.6 Å². The number of fused-ring (bicyclic) bond motifs is 1. The first kappa shape index (κ1) is 21.6. The Morgan fingerprint density at radius 3 is 2.53 bits per heavy atom. The molecule has 0 saturated carbocycles. The fourth-order valence-electron chi connectivity index (χ4n) is 3.86. The van der Waals surface area contributed by atoms with Crippen molar-refractivity contribution >= 4 is 17.5 Å². The lowest BCUT2D eigenvalue weighted by atomic mass is 9.97. The summed E-state index contributed by atoms with van der Waals surface area (Å²) in [6.45, 7) is 3.56. The van der Waals surface area contributed by atoms with Crippen molar-refractivity contribution in [3.63, 3.8) is 0 Å². The van der Waals surface area contributed by atoms with Gasteiger partial charge in [0.15, 0.2) is 6.10 Å². The number of nitrogens with one attached hydrogen (secondary N) is 1. The molecule has 1 N–H and O–H groups in total. The molecule has 2 amide bonds. The Morgan fingerprint density at radius 1 is 1.06 bits per heavy atom. The largest absolute Gasteiger partial charge is 0.479 e. The molecule has 1 aliphatic heterocycles. The second kappa shape index (κ2) is 9.22. The Bertz CT molecular complexity index is 1130. The molecule has 3 aromatic rings. The van der Waals surface area contributed by atoms with Gasteiger partial charge in [-0.25, -0.2) is 4.39 Å². The molecule has 2 unspecified atom stereocenters. The van der Waals surface area contributed by atoms with Gasteiger partial charge in [0, 0.05) is 0 Å². The number of hydrogen-bond donors (Lipinski definition) is 1. The van der Waals surface area contributed by atoms with Gasteiger partial charge in [-0.3, -0.25) is 14.5 Å². The number of para-hydroxylation sites is 2. The van der Waals surface area contributed by atoms with Gasteiger partial charge in [0.1, 0.15) is 18.1 Å². The molecule has 32 heavy (non-hydrogen) atoms. The molecule has 0 saturated heterocycles. The van der Waals surface area contributed by atoms with Gasteiger partial charge in [-0.2, -0.15) is 0 Å². The summed E-state index contributed by atoms with van der Waals surface area (Å²) in [6, 6.07) is 20.6. The molecule has 0 aromatic heterocycles. The van der Waals surface area contributed by atoms with Crippen molar-refractivity contribution in [1.29, 1.82) is 0 Å². The minimum Gasteiger partial charge on any atom is -0.479 e. The van der Waals surface area contributed by atoms with Gasteiger partial charge in [-0.05, 0) is 54.3 Å². The molecule has 0 fully saturated rings. The van der Waals surface area contributed by atoms with Crippen LogP contribution in [0.1, 0.15) is 36.6 Å². The number of benzene rings is 3. The monoisotopic (exact) mass is 432 g/mol. The summed E-state index contributed by atoms with van der Waals surface area (Å²) >= 11 is 0. The number of carbonyl (C=O) groups excluding carboxylic acids is 2. The third-order valence-corrected chi connectivity index (χ3v) is 5.58. The minimum atomic E-state index is -0.682. The average molecular weight is 432 g/mol.